The number of anilines is 1. The molecule has 1 amide bonds. The van der Waals surface area contributed by atoms with Crippen LogP contribution in [0.4, 0.5) is 5.82 Å². The third-order valence-electron chi connectivity index (χ3n) is 9.49. The van der Waals surface area contributed by atoms with Gasteiger partial charge in [0.25, 0.3) is 0 Å². The molecule has 1 spiro atoms. The molecular weight excluding hydrogens is 548 g/mol. The van der Waals surface area contributed by atoms with Gasteiger partial charge in [0.1, 0.15) is 18.1 Å². The number of aromatic nitrogens is 2. The summed E-state index contributed by atoms with van der Waals surface area (Å²) in [6.07, 6.45) is 5.81. The van der Waals surface area contributed by atoms with E-state index in [1.165, 1.54) is 22.8 Å². The molecule has 9 nitrogen and oxygen atoms in total. The second-order valence-corrected chi connectivity index (χ2v) is 13.3. The summed E-state index contributed by atoms with van der Waals surface area (Å²) in [5.74, 6) is 1.39. The molecule has 2 fully saturated rings. The van der Waals surface area contributed by atoms with Crippen LogP contribution in [-0.2, 0) is 23.4 Å². The van der Waals surface area contributed by atoms with E-state index in [-0.39, 0.29) is 36.2 Å². The first-order chi connectivity index (χ1) is 20.3. The molecule has 42 heavy (non-hydrogen) atoms. The Morgan fingerprint density at radius 1 is 1.26 bits per heavy atom. The largest absolute Gasteiger partial charge is 0.462 e. The van der Waals surface area contributed by atoms with Gasteiger partial charge < -0.3 is 19.4 Å². The predicted octanol–water partition coefficient (Wildman–Crippen LogP) is 3.73. The number of ether oxygens (including phenoxy) is 1. The van der Waals surface area contributed by atoms with Gasteiger partial charge in [-0.2, -0.15) is 15.2 Å². The van der Waals surface area contributed by atoms with Crippen molar-refractivity contribution in [3.8, 4) is 12.1 Å². The number of carbonyl (C=O) groups excluding carboxylic acids is 2. The van der Waals surface area contributed by atoms with Crippen LogP contribution in [0.25, 0.3) is 0 Å². The van der Waals surface area contributed by atoms with Gasteiger partial charge in [-0.25, -0.2) is 0 Å². The Balaban J connectivity index is 1.35. The minimum absolute atomic E-state index is 0.0585. The number of carbonyl (C=O) groups is 2. The normalized spacial score (nSPS) is 25.6. The number of ketones is 1. The zero-order valence-corrected chi connectivity index (χ0v) is 25.3. The summed E-state index contributed by atoms with van der Waals surface area (Å²) >= 11 is 1.74. The zero-order chi connectivity index (χ0) is 29.4. The number of likely N-dealkylation sites (N-methyl/N-ethyl adjacent to an activating group) is 1. The summed E-state index contributed by atoms with van der Waals surface area (Å²) in [4.78, 5) is 42.8. The average Bonchev–Trinajstić information content (AvgIpc) is 3.42. The third-order valence-corrected chi connectivity index (χ3v) is 11.0. The maximum atomic E-state index is 14.5. The molecule has 0 N–H and O–H groups in total. The van der Waals surface area contributed by atoms with Crippen LogP contribution in [0.1, 0.15) is 58.4 Å². The number of rotatable bonds is 6. The van der Waals surface area contributed by atoms with E-state index in [1.54, 1.807) is 16.7 Å². The van der Waals surface area contributed by atoms with Crippen molar-refractivity contribution in [3.05, 3.63) is 58.8 Å². The van der Waals surface area contributed by atoms with Crippen LogP contribution >= 0.6 is 11.8 Å². The standard InChI is InChI=1S/C32H38N6O3S/c1-4-27(39)38-16-15-37(18-23(38)11-13-33)30-25-10-12-32(17-26-21(2)7-5-8-22(26)20-42-32)29(40)28(25)34-31(35-30)41-19-24-9-6-14-36(24)3/h4-5,7-8,23-24H,1,6,9-12,14-20H2,2-3H3/t23?,24?,32-/m0/s1. The van der Waals surface area contributed by atoms with Crippen LogP contribution < -0.4 is 9.64 Å². The fourth-order valence-electron chi connectivity index (χ4n) is 6.96. The number of Topliss-reactive ketones (excluding diaryl/α,β-unsaturated/α-hetero) is 1. The molecule has 1 aromatic heterocycles. The molecule has 0 saturated carbocycles. The molecule has 3 atom stereocenters. The van der Waals surface area contributed by atoms with Crippen molar-refractivity contribution in [2.75, 3.05) is 44.7 Å². The molecule has 1 aromatic carbocycles. The summed E-state index contributed by atoms with van der Waals surface area (Å²) in [5.41, 5.74) is 5.14. The molecule has 4 aliphatic rings. The van der Waals surface area contributed by atoms with Gasteiger partial charge >= 0.3 is 6.01 Å². The van der Waals surface area contributed by atoms with E-state index in [2.05, 4.69) is 54.6 Å². The Morgan fingerprint density at radius 3 is 2.88 bits per heavy atom. The molecule has 6 rings (SSSR count). The highest BCUT2D eigenvalue weighted by Gasteiger charge is 2.48. The fraction of sp³-hybridized carbons (Fsp3) is 0.531. The molecule has 10 heteroatoms. The molecule has 220 valence electrons. The first-order valence-corrected chi connectivity index (χ1v) is 15.9. The summed E-state index contributed by atoms with van der Waals surface area (Å²) in [6.45, 7) is 8.70. The van der Waals surface area contributed by atoms with Crippen molar-refractivity contribution in [2.24, 2.45) is 0 Å². The summed E-state index contributed by atoms with van der Waals surface area (Å²) < 4.78 is 5.67. The highest BCUT2D eigenvalue weighted by Crippen LogP contribution is 2.48. The molecule has 2 saturated heterocycles. The molecule has 1 aliphatic carbocycles. The smallest absolute Gasteiger partial charge is 0.319 e. The number of nitriles is 1. The SMILES string of the molecule is C=CC(=O)N1CCN(c2nc(OCC3CCCN3C)nc3c2CC[C@]2(Cc4c(C)cccc4CS2)C3=O)CC1CC#N. The van der Waals surface area contributed by atoms with Crippen molar-refractivity contribution in [2.45, 2.75) is 68.0 Å². The number of fused-ring (bicyclic) bond motifs is 2. The minimum Gasteiger partial charge on any atom is -0.462 e. The van der Waals surface area contributed by atoms with Crippen LogP contribution in [0.2, 0.25) is 0 Å². The Labute approximate surface area is 251 Å². The van der Waals surface area contributed by atoms with E-state index in [0.29, 0.717) is 50.6 Å². The summed E-state index contributed by atoms with van der Waals surface area (Å²) in [6, 6.07) is 8.85. The molecule has 4 heterocycles. The van der Waals surface area contributed by atoms with Crippen LogP contribution in [0.5, 0.6) is 6.01 Å². The highest BCUT2D eigenvalue weighted by molar-refractivity contribution is 8.00. The van der Waals surface area contributed by atoms with Gasteiger partial charge in [-0.3, -0.25) is 9.59 Å². The second kappa shape index (κ2) is 11.7. The lowest BCUT2D eigenvalue weighted by molar-refractivity contribution is -0.128. The highest BCUT2D eigenvalue weighted by atomic mass is 32.2. The van der Waals surface area contributed by atoms with Crippen molar-refractivity contribution in [3.63, 3.8) is 0 Å². The number of likely N-dealkylation sites (tertiary alicyclic amines) is 1. The van der Waals surface area contributed by atoms with E-state index in [1.807, 2.05) is 0 Å². The quantitative estimate of drug-likeness (QED) is 0.469. The van der Waals surface area contributed by atoms with E-state index < -0.39 is 4.75 Å². The molecule has 3 aliphatic heterocycles. The van der Waals surface area contributed by atoms with E-state index in [0.717, 1.165) is 37.1 Å². The monoisotopic (exact) mass is 586 g/mol. The third kappa shape index (κ3) is 5.18. The topological polar surface area (TPSA) is 103 Å². The minimum atomic E-state index is -0.556. The van der Waals surface area contributed by atoms with Gasteiger partial charge in [0, 0.05) is 37.0 Å². The van der Waals surface area contributed by atoms with Gasteiger partial charge in [0.2, 0.25) is 5.91 Å². The predicted molar refractivity (Wildman–Crippen MR) is 163 cm³/mol. The Morgan fingerprint density at radius 2 is 2.12 bits per heavy atom. The number of hydrogen-bond donors (Lipinski definition) is 0. The van der Waals surface area contributed by atoms with Crippen LogP contribution in [0.3, 0.4) is 0 Å². The number of hydrogen-bond acceptors (Lipinski definition) is 9. The lowest BCUT2D eigenvalue weighted by atomic mass is 9.79. The average molecular weight is 587 g/mol. The van der Waals surface area contributed by atoms with E-state index in [4.69, 9.17) is 14.7 Å². The van der Waals surface area contributed by atoms with Crippen molar-refractivity contribution < 1.29 is 14.3 Å². The summed E-state index contributed by atoms with van der Waals surface area (Å²) in [7, 11) is 2.10. The number of benzene rings is 1. The van der Waals surface area contributed by atoms with Crippen molar-refractivity contribution >= 4 is 29.3 Å². The Kier molecular flexibility index (Phi) is 7.99. The van der Waals surface area contributed by atoms with Gasteiger partial charge in [-0.15, -0.1) is 11.8 Å². The van der Waals surface area contributed by atoms with E-state index >= 15 is 0 Å². The van der Waals surface area contributed by atoms with Crippen molar-refractivity contribution in [1.82, 2.24) is 19.8 Å². The number of amides is 1. The van der Waals surface area contributed by atoms with Crippen molar-refractivity contribution in [1.29, 1.82) is 5.26 Å². The number of thioether (sulfide) groups is 1. The van der Waals surface area contributed by atoms with Gasteiger partial charge in [-0.1, -0.05) is 24.8 Å². The first kappa shape index (κ1) is 28.7. The number of nitrogens with zero attached hydrogens (tertiary/aromatic N) is 6. The lowest BCUT2D eigenvalue weighted by Crippen LogP contribution is -2.55. The molecule has 0 radical (unpaired) electrons. The maximum Gasteiger partial charge on any atom is 0.319 e. The Bertz CT molecular complexity index is 1460. The van der Waals surface area contributed by atoms with Gasteiger partial charge in [0.05, 0.1) is 23.3 Å². The molecule has 0 bridgehead atoms. The van der Waals surface area contributed by atoms with Gasteiger partial charge in [-0.05, 0) is 75.4 Å². The maximum absolute atomic E-state index is 14.5. The number of aryl methyl sites for hydroxylation is 1. The Hall–Kier alpha value is -3.42. The van der Waals surface area contributed by atoms with Crippen LogP contribution in [-0.4, -0.2) is 88.1 Å². The lowest BCUT2D eigenvalue weighted by Gasteiger charge is -2.43. The zero-order valence-electron chi connectivity index (χ0n) is 24.5. The fourth-order valence-corrected chi connectivity index (χ4v) is 8.38. The van der Waals surface area contributed by atoms with E-state index in [9.17, 15) is 14.9 Å². The second-order valence-electron chi connectivity index (χ2n) is 11.9. The molecule has 2 aromatic rings. The number of piperazine rings is 1. The molecular formula is C32H38N6O3S. The van der Waals surface area contributed by atoms with Gasteiger partial charge in [0.15, 0.2) is 5.78 Å². The first-order valence-electron chi connectivity index (χ1n) is 14.9. The molecule has 2 unspecified atom stereocenters. The van der Waals surface area contributed by atoms with Crippen LogP contribution in [0, 0.1) is 18.3 Å². The summed E-state index contributed by atoms with van der Waals surface area (Å²) in [5, 5.41) is 9.51. The van der Waals surface area contributed by atoms with Crippen LogP contribution in [0.15, 0.2) is 30.9 Å².